The molecule has 0 aromatic heterocycles. The predicted octanol–water partition coefficient (Wildman–Crippen LogP) is 10.6. The summed E-state index contributed by atoms with van der Waals surface area (Å²) in [5.74, 6) is 9.46. The first-order valence-electron chi connectivity index (χ1n) is 22.2. The van der Waals surface area contributed by atoms with Crippen molar-refractivity contribution in [3.8, 4) is 0 Å². The fourth-order valence-corrected chi connectivity index (χ4v) is 15.9. The van der Waals surface area contributed by atoms with Crippen molar-refractivity contribution in [2.45, 2.75) is 183 Å². The molecule has 0 spiro atoms. The van der Waals surface area contributed by atoms with E-state index in [1.165, 1.54) is 110 Å². The van der Waals surface area contributed by atoms with Crippen LogP contribution < -0.4 is 0 Å². The molecule has 6 nitrogen and oxygen atoms in total. The molecule has 15 atom stereocenters. The lowest BCUT2D eigenvalue weighted by atomic mass is 9.48. The number of ether oxygens (including phenoxy) is 1. The Kier molecular flexibility index (Phi) is 11.9. The molecule has 0 bridgehead atoms. The van der Waals surface area contributed by atoms with Gasteiger partial charge in [-0.3, -0.25) is 19.2 Å². The van der Waals surface area contributed by atoms with Gasteiger partial charge in [-0.1, -0.05) is 27.7 Å². The Balaban J connectivity index is 0.000000154. The Hall–Kier alpha value is -1.56. The van der Waals surface area contributed by atoms with Gasteiger partial charge in [0.05, 0.1) is 5.60 Å². The fraction of sp³-hybridized carbons (Fsp3) is 0.915. The average Bonchev–Trinajstić information content (AvgIpc) is 3.60. The SMILES string of the molecule is CC(=O)OC(C)=O.CC(=O)[C@H]1CC[C@H]2[C@@H]3CC[C@H]4CC(C)(C)CC[C@@H]4[C@H]3CC[C@]12C.CC(=O)[C@H]1CC[C@H]2[C@@H]3CC[C@H]4C[C@](C)(O)CC[C@@H]4[C@H]3CC[C@]12C. The highest BCUT2D eigenvalue weighted by atomic mass is 16.6. The van der Waals surface area contributed by atoms with Crippen molar-refractivity contribution in [1.82, 2.24) is 0 Å². The van der Waals surface area contributed by atoms with Gasteiger partial charge in [-0.05, 0) is 212 Å². The van der Waals surface area contributed by atoms with E-state index >= 15 is 0 Å². The summed E-state index contributed by atoms with van der Waals surface area (Å²) in [5.41, 5.74) is 0.808. The van der Waals surface area contributed by atoms with Crippen LogP contribution in [-0.4, -0.2) is 34.2 Å². The molecule has 8 aliphatic rings. The highest BCUT2D eigenvalue weighted by Crippen LogP contribution is 2.66. The van der Waals surface area contributed by atoms with Gasteiger partial charge in [0.2, 0.25) is 0 Å². The summed E-state index contributed by atoms with van der Waals surface area (Å²) < 4.78 is 3.97. The molecule has 8 fully saturated rings. The summed E-state index contributed by atoms with van der Waals surface area (Å²) in [6.45, 7) is 18.0. The molecule has 53 heavy (non-hydrogen) atoms. The van der Waals surface area contributed by atoms with E-state index in [1.54, 1.807) is 0 Å². The van der Waals surface area contributed by atoms with Crippen LogP contribution in [-0.2, 0) is 23.9 Å². The van der Waals surface area contributed by atoms with Crippen molar-refractivity contribution in [3.05, 3.63) is 0 Å². The summed E-state index contributed by atoms with van der Waals surface area (Å²) >= 11 is 0. The summed E-state index contributed by atoms with van der Waals surface area (Å²) in [5, 5.41) is 10.5. The predicted molar refractivity (Wildman–Crippen MR) is 209 cm³/mol. The van der Waals surface area contributed by atoms with Crippen molar-refractivity contribution in [2.75, 3.05) is 0 Å². The van der Waals surface area contributed by atoms with Gasteiger partial charge in [0.15, 0.2) is 0 Å². The molecule has 300 valence electrons. The lowest BCUT2D eigenvalue weighted by molar-refractivity contribution is -0.156. The van der Waals surface area contributed by atoms with Crippen LogP contribution in [0.25, 0.3) is 0 Å². The number of esters is 2. The average molecular weight is 737 g/mol. The summed E-state index contributed by atoms with van der Waals surface area (Å²) in [4.78, 5) is 43.9. The third-order valence-corrected chi connectivity index (χ3v) is 18.0. The van der Waals surface area contributed by atoms with E-state index in [0.717, 1.165) is 78.4 Å². The van der Waals surface area contributed by atoms with Crippen molar-refractivity contribution in [2.24, 2.45) is 87.3 Å². The number of rotatable bonds is 2. The van der Waals surface area contributed by atoms with Gasteiger partial charge >= 0.3 is 11.9 Å². The molecule has 0 aliphatic heterocycles. The van der Waals surface area contributed by atoms with Crippen molar-refractivity contribution >= 4 is 23.5 Å². The largest absolute Gasteiger partial charge is 0.394 e. The molecular formula is C47H76O6. The number of carbonyl (C=O) groups excluding carboxylic acids is 4. The third kappa shape index (κ3) is 8.16. The minimum absolute atomic E-state index is 0.292. The monoisotopic (exact) mass is 737 g/mol. The highest BCUT2D eigenvalue weighted by molar-refractivity contribution is 5.82. The minimum Gasteiger partial charge on any atom is -0.394 e. The van der Waals surface area contributed by atoms with Gasteiger partial charge in [-0.25, -0.2) is 0 Å². The minimum atomic E-state index is -0.562. The first-order valence-corrected chi connectivity index (χ1v) is 22.2. The van der Waals surface area contributed by atoms with Crippen LogP contribution in [0.5, 0.6) is 0 Å². The first-order chi connectivity index (χ1) is 24.8. The number of ketones is 2. The zero-order chi connectivity index (χ0) is 38.7. The quantitative estimate of drug-likeness (QED) is 0.224. The van der Waals surface area contributed by atoms with E-state index in [1.807, 2.05) is 20.8 Å². The zero-order valence-electron chi connectivity index (χ0n) is 35.1. The Bertz CT molecular complexity index is 1280. The summed E-state index contributed by atoms with van der Waals surface area (Å²) in [6.07, 6.45) is 23.6. The Morgan fingerprint density at radius 3 is 1.30 bits per heavy atom. The normalized spacial score (nSPS) is 47.5. The van der Waals surface area contributed by atoms with E-state index in [4.69, 9.17) is 0 Å². The number of carbonyl (C=O) groups is 4. The molecule has 0 aromatic rings. The standard InChI is InChI=1S/C22H36O.C21H34O2.C4H6O3/c1-14(23)19-7-8-20-18-6-5-15-13-21(2,3)11-9-16(15)17(18)10-12-22(19,20)4;1-13(22)18-6-7-19-17-5-4-14-12-20(2,23)10-8-15(14)16(17)9-11-21(18,19)3;1-3(5)7-4(2)6/h15-20H,5-13H2,1-4H3;14-19,23H,4-12H2,1-3H3;1-2H3/t15-,16-,17+,18+,19+,20-,22+;14-,15-,16+,17+,18+,19-,20+,21+;/m00./s1. The highest BCUT2D eigenvalue weighted by Gasteiger charge is 2.60. The molecule has 6 heteroatoms. The van der Waals surface area contributed by atoms with Crippen molar-refractivity contribution < 1.29 is 29.0 Å². The Morgan fingerprint density at radius 2 is 0.887 bits per heavy atom. The molecule has 0 amide bonds. The number of Topliss-reactive ketones (excluding diaryl/α,β-unsaturated/α-hetero) is 2. The Morgan fingerprint density at radius 1 is 0.472 bits per heavy atom. The Labute approximate surface area is 322 Å². The molecule has 0 saturated heterocycles. The van der Waals surface area contributed by atoms with Crippen LogP contribution >= 0.6 is 0 Å². The smallest absolute Gasteiger partial charge is 0.310 e. The maximum atomic E-state index is 12.2. The van der Waals surface area contributed by atoms with Crippen molar-refractivity contribution in [1.29, 1.82) is 0 Å². The lowest BCUT2D eigenvalue weighted by Gasteiger charge is -2.57. The molecule has 8 rings (SSSR count). The maximum Gasteiger partial charge on any atom is 0.310 e. The topological polar surface area (TPSA) is 97.7 Å². The van der Waals surface area contributed by atoms with E-state index in [-0.39, 0.29) is 0 Å². The van der Waals surface area contributed by atoms with Gasteiger partial charge < -0.3 is 9.84 Å². The van der Waals surface area contributed by atoms with Crippen LogP contribution in [0.4, 0.5) is 0 Å². The van der Waals surface area contributed by atoms with Crippen LogP contribution in [0.1, 0.15) is 178 Å². The van der Waals surface area contributed by atoms with Gasteiger partial charge in [0.25, 0.3) is 0 Å². The summed E-state index contributed by atoms with van der Waals surface area (Å²) in [7, 11) is 0. The van der Waals surface area contributed by atoms with Gasteiger partial charge in [0.1, 0.15) is 11.6 Å². The van der Waals surface area contributed by atoms with E-state index in [0.29, 0.717) is 39.6 Å². The van der Waals surface area contributed by atoms with Crippen LogP contribution in [0.15, 0.2) is 0 Å². The second-order valence-corrected chi connectivity index (χ2v) is 21.7. The number of hydrogen-bond acceptors (Lipinski definition) is 6. The maximum absolute atomic E-state index is 12.2. The van der Waals surface area contributed by atoms with Crippen LogP contribution in [0, 0.1) is 87.3 Å². The second-order valence-electron chi connectivity index (χ2n) is 21.7. The summed E-state index contributed by atoms with van der Waals surface area (Å²) in [6, 6.07) is 0. The fourth-order valence-electron chi connectivity index (χ4n) is 15.9. The number of aliphatic hydroxyl groups is 1. The molecule has 0 unspecified atom stereocenters. The molecule has 0 radical (unpaired) electrons. The van der Waals surface area contributed by atoms with Gasteiger partial charge in [-0.15, -0.1) is 0 Å². The van der Waals surface area contributed by atoms with E-state index < -0.39 is 17.5 Å². The molecular weight excluding hydrogens is 661 g/mol. The number of hydrogen-bond donors (Lipinski definition) is 1. The van der Waals surface area contributed by atoms with E-state index in [2.05, 4.69) is 32.4 Å². The molecule has 0 aromatic carbocycles. The molecule has 8 aliphatic carbocycles. The molecule has 0 heterocycles. The number of fused-ring (bicyclic) bond motifs is 10. The zero-order valence-corrected chi connectivity index (χ0v) is 35.1. The first kappa shape index (κ1) is 41.1. The lowest BCUT2D eigenvalue weighted by Crippen LogP contribution is -2.50. The van der Waals surface area contributed by atoms with Gasteiger partial charge in [-0.2, -0.15) is 0 Å². The van der Waals surface area contributed by atoms with E-state index in [9.17, 15) is 24.3 Å². The van der Waals surface area contributed by atoms with Crippen LogP contribution in [0.3, 0.4) is 0 Å². The van der Waals surface area contributed by atoms with Gasteiger partial charge in [0, 0.05) is 25.7 Å². The van der Waals surface area contributed by atoms with Crippen LogP contribution in [0.2, 0.25) is 0 Å². The molecule has 8 saturated carbocycles. The second kappa shape index (κ2) is 15.4. The third-order valence-electron chi connectivity index (χ3n) is 18.0. The molecule has 1 N–H and O–H groups in total. The van der Waals surface area contributed by atoms with Crippen molar-refractivity contribution in [3.63, 3.8) is 0 Å².